The summed E-state index contributed by atoms with van der Waals surface area (Å²) >= 11 is 12.0. The summed E-state index contributed by atoms with van der Waals surface area (Å²) in [5, 5.41) is 3.61. The lowest BCUT2D eigenvalue weighted by Gasteiger charge is -2.21. The van der Waals surface area contributed by atoms with Crippen molar-refractivity contribution >= 4 is 65.8 Å². The molecule has 3 N–H and O–H groups in total. The molecule has 0 bridgehead atoms. The first-order valence-corrected chi connectivity index (χ1v) is 15.3. The number of nitrogens with zero attached hydrogens (tertiary/aromatic N) is 1. The Morgan fingerprint density at radius 2 is 1.54 bits per heavy atom. The lowest BCUT2D eigenvalue weighted by atomic mass is 10.2. The number of carbonyl (C=O) groups excluding carboxylic acids is 1. The number of anilines is 1. The van der Waals surface area contributed by atoms with Gasteiger partial charge in [-0.05, 0) is 86.0 Å². The van der Waals surface area contributed by atoms with E-state index in [0.29, 0.717) is 15.6 Å². The third-order valence-corrected chi connectivity index (χ3v) is 9.19. The SMILES string of the molecule is Cc1cc(C)cc(S(=O)(=O)c2c(C(=O)NCCCN(c3ccc(Cl)cc3)S(=O)(=O)O)[nH]c3ccc(Cl)cc23)c1. The molecule has 0 saturated carbocycles. The number of fused-ring (bicyclic) bond motifs is 1. The molecule has 3 aromatic carbocycles. The summed E-state index contributed by atoms with van der Waals surface area (Å²) in [6.45, 7) is 3.39. The lowest BCUT2D eigenvalue weighted by molar-refractivity contribution is 0.0946. The van der Waals surface area contributed by atoms with Crippen LogP contribution >= 0.6 is 23.2 Å². The number of halogens is 2. The molecule has 0 radical (unpaired) electrons. The van der Waals surface area contributed by atoms with Gasteiger partial charge in [0.25, 0.3) is 5.91 Å². The van der Waals surface area contributed by atoms with Crippen molar-refractivity contribution in [2.75, 3.05) is 17.4 Å². The number of aromatic nitrogens is 1. The van der Waals surface area contributed by atoms with Crippen LogP contribution in [0.1, 0.15) is 28.0 Å². The summed E-state index contributed by atoms with van der Waals surface area (Å²) in [5.74, 6) is -0.699. The van der Waals surface area contributed by atoms with E-state index in [9.17, 15) is 26.2 Å². The van der Waals surface area contributed by atoms with Crippen molar-refractivity contribution < 1.29 is 26.2 Å². The number of aryl methyl sites for hydroxylation is 2. The van der Waals surface area contributed by atoms with Crippen molar-refractivity contribution in [3.8, 4) is 0 Å². The summed E-state index contributed by atoms with van der Waals surface area (Å²) in [7, 11) is -8.73. The van der Waals surface area contributed by atoms with E-state index >= 15 is 0 Å². The molecule has 206 valence electrons. The summed E-state index contributed by atoms with van der Waals surface area (Å²) < 4.78 is 61.9. The van der Waals surface area contributed by atoms with E-state index in [1.807, 2.05) is 6.07 Å². The van der Waals surface area contributed by atoms with Crippen LogP contribution in [0.4, 0.5) is 5.69 Å². The topological polar surface area (TPSA) is 137 Å². The highest BCUT2D eigenvalue weighted by Gasteiger charge is 2.30. The summed E-state index contributed by atoms with van der Waals surface area (Å²) in [4.78, 5) is 16.0. The zero-order chi connectivity index (χ0) is 28.5. The van der Waals surface area contributed by atoms with Gasteiger partial charge in [-0.3, -0.25) is 9.35 Å². The van der Waals surface area contributed by atoms with Gasteiger partial charge in [-0.2, -0.15) is 8.42 Å². The van der Waals surface area contributed by atoms with Crippen LogP contribution in [0.5, 0.6) is 0 Å². The standard InChI is InChI=1S/C26H25Cl2N3O6S2/c1-16-12-17(2)14-21(13-16)38(33,34)25-22-15-19(28)6-9-23(22)30-24(25)26(32)29-10-3-11-31(39(35,36)37)20-7-4-18(27)5-8-20/h4-9,12-15,30H,3,10-11H2,1-2H3,(H,29,32)(H,35,36,37). The second-order valence-corrected chi connectivity index (χ2v) is 13.1. The molecule has 0 aliphatic rings. The van der Waals surface area contributed by atoms with Crippen LogP contribution in [0, 0.1) is 13.8 Å². The Hall–Kier alpha value is -3.09. The van der Waals surface area contributed by atoms with Gasteiger partial charge in [-0.15, -0.1) is 0 Å². The number of hydrogen-bond acceptors (Lipinski definition) is 5. The van der Waals surface area contributed by atoms with Crippen LogP contribution in [-0.4, -0.2) is 45.4 Å². The molecule has 0 aliphatic carbocycles. The minimum Gasteiger partial charge on any atom is -0.351 e. The number of aromatic amines is 1. The quantitative estimate of drug-likeness (QED) is 0.173. The molecule has 0 spiro atoms. The highest BCUT2D eigenvalue weighted by molar-refractivity contribution is 7.91. The van der Waals surface area contributed by atoms with E-state index in [-0.39, 0.29) is 46.1 Å². The molecule has 13 heteroatoms. The molecule has 1 heterocycles. The Kier molecular flexibility index (Phi) is 8.29. The van der Waals surface area contributed by atoms with Crippen molar-refractivity contribution in [3.05, 3.63) is 87.5 Å². The third-order valence-electron chi connectivity index (χ3n) is 5.93. The first-order valence-electron chi connectivity index (χ1n) is 11.7. The van der Waals surface area contributed by atoms with Gasteiger partial charge >= 0.3 is 10.3 Å². The molecule has 4 rings (SSSR count). The van der Waals surface area contributed by atoms with Crippen molar-refractivity contribution in [2.45, 2.75) is 30.1 Å². The Morgan fingerprint density at radius 3 is 2.15 bits per heavy atom. The predicted molar refractivity (Wildman–Crippen MR) is 152 cm³/mol. The number of sulfone groups is 1. The smallest absolute Gasteiger partial charge is 0.351 e. The average molecular weight is 611 g/mol. The highest BCUT2D eigenvalue weighted by atomic mass is 35.5. The van der Waals surface area contributed by atoms with Gasteiger partial charge in [-0.1, -0.05) is 29.3 Å². The van der Waals surface area contributed by atoms with E-state index in [2.05, 4.69) is 10.3 Å². The van der Waals surface area contributed by atoms with Crippen LogP contribution in [0.2, 0.25) is 10.0 Å². The molecule has 0 atom stereocenters. The molecule has 9 nitrogen and oxygen atoms in total. The average Bonchev–Trinajstić information content (AvgIpc) is 3.23. The second-order valence-electron chi connectivity index (χ2n) is 8.98. The number of rotatable bonds is 9. The Balaban J connectivity index is 1.61. The molecule has 0 unspecified atom stereocenters. The fraction of sp³-hybridized carbons (Fsp3) is 0.192. The van der Waals surface area contributed by atoms with Gasteiger partial charge in [0.2, 0.25) is 9.84 Å². The van der Waals surface area contributed by atoms with Crippen LogP contribution in [0.3, 0.4) is 0 Å². The van der Waals surface area contributed by atoms with E-state index in [1.54, 1.807) is 26.0 Å². The molecule has 0 fully saturated rings. The monoisotopic (exact) mass is 609 g/mol. The highest BCUT2D eigenvalue weighted by Crippen LogP contribution is 2.34. The van der Waals surface area contributed by atoms with Gasteiger partial charge in [-0.25, -0.2) is 12.7 Å². The van der Waals surface area contributed by atoms with Crippen molar-refractivity contribution in [1.82, 2.24) is 10.3 Å². The number of benzene rings is 3. The maximum absolute atomic E-state index is 13.8. The van der Waals surface area contributed by atoms with Gasteiger partial charge < -0.3 is 10.3 Å². The third kappa shape index (κ3) is 6.39. The molecule has 0 saturated heterocycles. The predicted octanol–water partition coefficient (Wildman–Crippen LogP) is 5.35. The number of H-pyrrole nitrogens is 1. The first-order chi connectivity index (χ1) is 18.3. The van der Waals surface area contributed by atoms with Gasteiger partial charge in [0.15, 0.2) is 0 Å². The Labute approximate surface area is 236 Å². The van der Waals surface area contributed by atoms with Crippen molar-refractivity contribution in [1.29, 1.82) is 0 Å². The summed E-state index contributed by atoms with van der Waals surface area (Å²) in [6.07, 6.45) is 0.110. The Bertz CT molecular complexity index is 1750. The Morgan fingerprint density at radius 1 is 0.923 bits per heavy atom. The molecule has 0 aliphatic heterocycles. The molecular weight excluding hydrogens is 585 g/mol. The second kappa shape index (κ2) is 11.2. The van der Waals surface area contributed by atoms with E-state index in [4.69, 9.17) is 23.2 Å². The van der Waals surface area contributed by atoms with Crippen LogP contribution in [0.15, 0.2) is 70.5 Å². The molecule has 1 aromatic heterocycles. The lowest BCUT2D eigenvalue weighted by Crippen LogP contribution is -2.34. The molecule has 1 amide bonds. The summed E-state index contributed by atoms with van der Waals surface area (Å²) in [5.41, 5.74) is 1.94. The zero-order valence-electron chi connectivity index (χ0n) is 20.9. The van der Waals surface area contributed by atoms with E-state index in [1.165, 1.54) is 42.5 Å². The number of hydrogen-bond donors (Lipinski definition) is 3. The molecule has 4 aromatic rings. The van der Waals surface area contributed by atoms with Crippen molar-refractivity contribution in [3.63, 3.8) is 0 Å². The largest absolute Gasteiger partial charge is 0.359 e. The normalized spacial score (nSPS) is 12.0. The summed E-state index contributed by atoms with van der Waals surface area (Å²) in [6, 6.07) is 15.4. The van der Waals surface area contributed by atoms with E-state index < -0.39 is 26.0 Å². The van der Waals surface area contributed by atoms with Crippen LogP contribution in [0.25, 0.3) is 10.9 Å². The fourth-order valence-corrected chi connectivity index (χ4v) is 7.12. The maximum Gasteiger partial charge on any atom is 0.359 e. The molecule has 39 heavy (non-hydrogen) atoms. The van der Waals surface area contributed by atoms with Crippen LogP contribution in [-0.2, 0) is 20.1 Å². The minimum atomic E-state index is -4.59. The van der Waals surface area contributed by atoms with Crippen molar-refractivity contribution in [2.24, 2.45) is 0 Å². The van der Waals surface area contributed by atoms with Crippen LogP contribution < -0.4 is 9.62 Å². The van der Waals surface area contributed by atoms with Gasteiger partial charge in [0.1, 0.15) is 10.6 Å². The molecular formula is C26H25Cl2N3O6S2. The first kappa shape index (κ1) is 28.9. The zero-order valence-corrected chi connectivity index (χ0v) is 24.0. The van der Waals surface area contributed by atoms with Gasteiger partial charge in [0, 0.05) is 34.0 Å². The fourth-order valence-electron chi connectivity index (χ4n) is 4.28. The number of amides is 1. The number of nitrogens with one attached hydrogen (secondary N) is 2. The maximum atomic E-state index is 13.8. The van der Waals surface area contributed by atoms with Gasteiger partial charge in [0.05, 0.1) is 10.6 Å². The van der Waals surface area contributed by atoms with E-state index in [0.717, 1.165) is 15.4 Å². The number of carbonyl (C=O) groups is 1. The minimum absolute atomic E-state index is 0.0163.